The second kappa shape index (κ2) is 9.67. The van der Waals surface area contributed by atoms with Crippen molar-refractivity contribution in [3.8, 4) is 6.07 Å². The van der Waals surface area contributed by atoms with Crippen LogP contribution in [-0.4, -0.2) is 58.7 Å². The van der Waals surface area contributed by atoms with Gasteiger partial charge in [-0.15, -0.1) is 0 Å². The van der Waals surface area contributed by atoms with E-state index in [1.165, 1.54) is 30.3 Å². The molecular weight excluding hydrogens is 437 g/mol. The molecule has 1 aliphatic rings. The van der Waals surface area contributed by atoms with Crippen LogP contribution in [0, 0.1) is 23.1 Å². The van der Waals surface area contributed by atoms with E-state index in [0.717, 1.165) is 4.90 Å². The van der Waals surface area contributed by atoms with E-state index in [4.69, 9.17) is 0 Å². The van der Waals surface area contributed by atoms with Gasteiger partial charge in [-0.2, -0.15) is 5.26 Å². The Morgan fingerprint density at radius 3 is 2.71 bits per heavy atom. The Bertz CT molecular complexity index is 1290. The Balaban J connectivity index is 1.43. The smallest absolute Gasteiger partial charge is 0.257 e. The molecule has 8 nitrogen and oxygen atoms in total. The van der Waals surface area contributed by atoms with Crippen LogP contribution < -0.4 is 5.32 Å². The molecule has 9 heteroatoms. The molecule has 3 amide bonds. The summed E-state index contributed by atoms with van der Waals surface area (Å²) in [6.07, 6.45) is 1.73. The summed E-state index contributed by atoms with van der Waals surface area (Å²) < 4.78 is 14.5. The summed E-state index contributed by atoms with van der Waals surface area (Å²) in [4.78, 5) is 44.9. The van der Waals surface area contributed by atoms with Crippen LogP contribution in [0.2, 0.25) is 0 Å². The number of halogens is 1. The number of pyridine rings is 1. The monoisotopic (exact) mass is 459 g/mol. The summed E-state index contributed by atoms with van der Waals surface area (Å²) in [7, 11) is 1.39. The first-order chi connectivity index (χ1) is 16.4. The lowest BCUT2D eigenvalue weighted by atomic mass is 10.1. The molecule has 2 aromatic carbocycles. The number of fused-ring (bicyclic) bond motifs is 1. The Labute approximate surface area is 195 Å². The lowest BCUT2D eigenvalue weighted by Gasteiger charge is -2.24. The number of rotatable bonds is 5. The van der Waals surface area contributed by atoms with E-state index >= 15 is 0 Å². The maximum Gasteiger partial charge on any atom is 0.257 e. The zero-order chi connectivity index (χ0) is 24.2. The SMILES string of the molecule is CN(CC(=O)N1CC(C(=O)Nc2ccccc2)CC1C#N)C(=O)c1cc2cccnc2cc1F. The molecule has 34 heavy (non-hydrogen) atoms. The van der Waals surface area contributed by atoms with Crippen LogP contribution in [0.15, 0.2) is 60.8 Å². The molecule has 172 valence electrons. The molecular formula is C25H22FN5O3. The van der Waals surface area contributed by atoms with Gasteiger partial charge in [-0.05, 0) is 30.7 Å². The van der Waals surface area contributed by atoms with Crippen molar-refractivity contribution >= 4 is 34.3 Å². The number of hydrogen-bond acceptors (Lipinski definition) is 5. The number of likely N-dealkylation sites (tertiary alicyclic amines) is 1. The molecule has 1 N–H and O–H groups in total. The predicted octanol–water partition coefficient (Wildman–Crippen LogP) is 2.83. The van der Waals surface area contributed by atoms with Crippen molar-refractivity contribution in [3.05, 3.63) is 72.2 Å². The second-order valence-electron chi connectivity index (χ2n) is 8.17. The lowest BCUT2D eigenvalue weighted by Crippen LogP contribution is -2.43. The number of nitrogens with one attached hydrogen (secondary N) is 1. The summed E-state index contributed by atoms with van der Waals surface area (Å²) in [6.45, 7) is -0.289. The van der Waals surface area contributed by atoms with E-state index in [1.807, 2.05) is 6.07 Å². The molecule has 4 rings (SSSR count). The fraction of sp³-hybridized carbons (Fsp3) is 0.240. The van der Waals surface area contributed by atoms with Crippen LogP contribution in [0.25, 0.3) is 10.9 Å². The molecule has 0 aliphatic carbocycles. The Morgan fingerprint density at radius 2 is 1.97 bits per heavy atom. The third-order valence-electron chi connectivity index (χ3n) is 5.82. The van der Waals surface area contributed by atoms with Crippen LogP contribution in [0.4, 0.5) is 10.1 Å². The maximum atomic E-state index is 14.5. The highest BCUT2D eigenvalue weighted by atomic mass is 19.1. The molecule has 1 aliphatic heterocycles. The molecule has 2 unspecified atom stereocenters. The number of carbonyl (C=O) groups excluding carboxylic acids is 3. The number of para-hydroxylation sites is 1. The number of likely N-dealkylation sites (N-methyl/N-ethyl adjacent to an activating group) is 1. The minimum atomic E-state index is -0.786. The highest BCUT2D eigenvalue weighted by Gasteiger charge is 2.39. The van der Waals surface area contributed by atoms with Gasteiger partial charge in [0.15, 0.2) is 0 Å². The molecule has 3 aromatic rings. The van der Waals surface area contributed by atoms with Gasteiger partial charge in [-0.25, -0.2) is 4.39 Å². The van der Waals surface area contributed by atoms with Gasteiger partial charge in [-0.1, -0.05) is 24.3 Å². The van der Waals surface area contributed by atoms with Crippen molar-refractivity contribution in [2.24, 2.45) is 5.92 Å². The van der Waals surface area contributed by atoms with Crippen molar-refractivity contribution < 1.29 is 18.8 Å². The van der Waals surface area contributed by atoms with Gasteiger partial charge >= 0.3 is 0 Å². The fourth-order valence-corrected chi connectivity index (χ4v) is 4.02. The second-order valence-corrected chi connectivity index (χ2v) is 8.17. The number of aromatic nitrogens is 1. The summed E-state index contributed by atoms with van der Waals surface area (Å²) in [5.74, 6) is -2.72. The maximum absolute atomic E-state index is 14.5. The van der Waals surface area contributed by atoms with E-state index in [-0.39, 0.29) is 31.0 Å². The Hall–Kier alpha value is -4.32. The summed E-state index contributed by atoms with van der Waals surface area (Å²) >= 11 is 0. The number of amides is 3. The average Bonchev–Trinajstić information content (AvgIpc) is 3.29. The van der Waals surface area contributed by atoms with Crippen LogP contribution >= 0.6 is 0 Å². The third kappa shape index (κ3) is 4.71. The summed E-state index contributed by atoms with van der Waals surface area (Å²) in [5, 5.41) is 12.9. The highest BCUT2D eigenvalue weighted by molar-refractivity contribution is 6.00. The molecule has 0 spiro atoms. The normalized spacial score (nSPS) is 17.3. The van der Waals surface area contributed by atoms with E-state index in [2.05, 4.69) is 16.4 Å². The number of anilines is 1. The molecule has 1 fully saturated rings. The zero-order valence-corrected chi connectivity index (χ0v) is 18.4. The molecule has 2 atom stereocenters. The molecule has 2 heterocycles. The van der Waals surface area contributed by atoms with E-state index in [9.17, 15) is 24.0 Å². The largest absolute Gasteiger partial charge is 0.332 e. The first-order valence-electron chi connectivity index (χ1n) is 10.7. The van der Waals surface area contributed by atoms with Crippen LogP contribution in [0.1, 0.15) is 16.8 Å². The van der Waals surface area contributed by atoms with Crippen LogP contribution in [-0.2, 0) is 9.59 Å². The molecule has 1 aromatic heterocycles. The zero-order valence-electron chi connectivity index (χ0n) is 18.4. The lowest BCUT2D eigenvalue weighted by molar-refractivity contribution is -0.131. The number of carbonyl (C=O) groups is 3. The standard InChI is InChI=1S/C25H22FN5O3/c1-30(25(34)20-11-16-6-5-9-28-22(16)12-21(20)26)15-23(32)31-14-17(10-19(31)13-27)24(33)29-18-7-3-2-4-8-18/h2-9,11-12,17,19H,10,14-15H2,1H3,(H,29,33). The van der Waals surface area contributed by atoms with Gasteiger partial charge in [0.05, 0.1) is 29.6 Å². The molecule has 0 radical (unpaired) electrons. The summed E-state index contributed by atoms with van der Waals surface area (Å²) in [6, 6.07) is 16.2. The number of hydrogen-bond donors (Lipinski definition) is 1. The van der Waals surface area contributed by atoms with E-state index in [1.54, 1.807) is 36.4 Å². The van der Waals surface area contributed by atoms with Gasteiger partial charge in [0.1, 0.15) is 11.9 Å². The topological polar surface area (TPSA) is 106 Å². The van der Waals surface area contributed by atoms with E-state index < -0.39 is 29.6 Å². The first kappa shape index (κ1) is 22.9. The van der Waals surface area contributed by atoms with Crippen molar-refractivity contribution in [1.82, 2.24) is 14.8 Å². The minimum Gasteiger partial charge on any atom is -0.332 e. The first-order valence-corrected chi connectivity index (χ1v) is 10.7. The van der Waals surface area contributed by atoms with Gasteiger partial charge < -0.3 is 15.1 Å². The quantitative estimate of drug-likeness (QED) is 0.632. The average molecular weight is 459 g/mol. The minimum absolute atomic E-state index is 0.0633. The Morgan fingerprint density at radius 1 is 1.21 bits per heavy atom. The van der Waals surface area contributed by atoms with Crippen LogP contribution in [0.5, 0.6) is 0 Å². The van der Waals surface area contributed by atoms with Gasteiger partial charge in [0, 0.05) is 36.9 Å². The molecule has 1 saturated heterocycles. The highest BCUT2D eigenvalue weighted by Crippen LogP contribution is 2.25. The van der Waals surface area contributed by atoms with Crippen LogP contribution in [0.3, 0.4) is 0 Å². The van der Waals surface area contributed by atoms with Gasteiger partial charge in [-0.3, -0.25) is 19.4 Å². The predicted molar refractivity (Wildman–Crippen MR) is 123 cm³/mol. The molecule has 0 saturated carbocycles. The number of nitriles is 1. The number of benzene rings is 2. The summed E-state index contributed by atoms with van der Waals surface area (Å²) in [5.41, 5.74) is 0.877. The Kier molecular flexibility index (Phi) is 6.50. The molecule has 0 bridgehead atoms. The van der Waals surface area contributed by atoms with Crippen molar-refractivity contribution in [3.63, 3.8) is 0 Å². The van der Waals surface area contributed by atoms with Crippen molar-refractivity contribution in [2.75, 3.05) is 25.5 Å². The fourth-order valence-electron chi connectivity index (χ4n) is 4.02. The number of nitrogens with zero attached hydrogens (tertiary/aromatic N) is 4. The van der Waals surface area contributed by atoms with E-state index in [0.29, 0.717) is 16.6 Å². The van der Waals surface area contributed by atoms with Crippen molar-refractivity contribution in [2.45, 2.75) is 12.5 Å². The third-order valence-corrected chi connectivity index (χ3v) is 5.82. The van der Waals surface area contributed by atoms with Gasteiger partial charge in [0.25, 0.3) is 5.91 Å². The van der Waals surface area contributed by atoms with Crippen molar-refractivity contribution in [1.29, 1.82) is 5.26 Å². The van der Waals surface area contributed by atoms with Gasteiger partial charge in [0.2, 0.25) is 11.8 Å².